The van der Waals surface area contributed by atoms with Crippen LogP contribution in [0.2, 0.25) is 5.02 Å². The molecule has 1 heterocycles. The number of halogens is 1. The molecule has 0 amide bonds. The summed E-state index contributed by atoms with van der Waals surface area (Å²) in [6.07, 6.45) is 4.99. The third kappa shape index (κ3) is 4.24. The zero-order valence-corrected chi connectivity index (χ0v) is 13.0. The molecule has 1 aromatic heterocycles. The number of nitrogens with one attached hydrogen (secondary N) is 1. The van der Waals surface area contributed by atoms with Crippen molar-refractivity contribution >= 4 is 23.4 Å². The molecule has 0 saturated heterocycles. The summed E-state index contributed by atoms with van der Waals surface area (Å²) >= 11 is 7.70. The van der Waals surface area contributed by atoms with Crippen molar-refractivity contribution in [2.75, 3.05) is 5.75 Å². The minimum absolute atomic E-state index is 0.0737. The Morgan fingerprint density at radius 3 is 3.05 bits per heavy atom. The number of benzene rings is 1. The van der Waals surface area contributed by atoms with Gasteiger partial charge in [0.2, 0.25) is 0 Å². The lowest BCUT2D eigenvalue weighted by Crippen LogP contribution is -2.29. The monoisotopic (exact) mass is 310 g/mol. The summed E-state index contributed by atoms with van der Waals surface area (Å²) in [5.41, 5.74) is 3.96. The lowest BCUT2D eigenvalue weighted by molar-refractivity contribution is 0.592. The molecule has 0 aliphatic rings. The Hall–Kier alpha value is -1.01. The molecule has 2 aromatic rings. The molecule has 0 radical (unpaired) electrons. The van der Waals surface area contributed by atoms with Crippen molar-refractivity contribution in [1.29, 1.82) is 0 Å². The second-order valence-corrected chi connectivity index (χ2v) is 6.05. The van der Waals surface area contributed by atoms with E-state index in [4.69, 9.17) is 17.4 Å². The van der Waals surface area contributed by atoms with Gasteiger partial charge in [-0.15, -0.1) is 11.8 Å². The van der Waals surface area contributed by atoms with E-state index < -0.39 is 0 Å². The minimum atomic E-state index is 0.0737. The van der Waals surface area contributed by atoms with Gasteiger partial charge in [0.1, 0.15) is 0 Å². The van der Waals surface area contributed by atoms with E-state index in [1.54, 1.807) is 11.8 Å². The van der Waals surface area contributed by atoms with E-state index in [0.717, 1.165) is 34.2 Å². The highest BCUT2D eigenvalue weighted by atomic mass is 35.5. The first-order valence-electron chi connectivity index (χ1n) is 6.59. The Labute approximate surface area is 128 Å². The first-order chi connectivity index (χ1) is 9.72. The highest BCUT2D eigenvalue weighted by Crippen LogP contribution is 2.26. The van der Waals surface area contributed by atoms with Gasteiger partial charge >= 0.3 is 0 Å². The Kier molecular flexibility index (Phi) is 5.91. The largest absolute Gasteiger partial charge is 0.272 e. The molecule has 0 aliphatic carbocycles. The van der Waals surface area contributed by atoms with E-state index in [2.05, 4.69) is 17.4 Å². The quantitative estimate of drug-likeness (QED) is 0.468. The Morgan fingerprint density at radius 1 is 1.50 bits per heavy atom. The Balaban J connectivity index is 1.97. The summed E-state index contributed by atoms with van der Waals surface area (Å²) in [7, 11) is 0. The van der Waals surface area contributed by atoms with Crippen LogP contribution in [-0.4, -0.2) is 15.5 Å². The van der Waals surface area contributed by atoms with Crippen LogP contribution in [0.3, 0.4) is 0 Å². The molecule has 1 atom stereocenters. The standard InChI is InChI=1S/C14H19ClN4S/c1-2-6-19-9-11(8-17-19)14(18-16)10-20-13-5-3-4-12(15)7-13/h3-5,7-9,14,18H,2,6,10,16H2,1H3. The molecule has 0 bridgehead atoms. The summed E-state index contributed by atoms with van der Waals surface area (Å²) in [5.74, 6) is 6.48. The smallest absolute Gasteiger partial charge is 0.0584 e. The van der Waals surface area contributed by atoms with Gasteiger partial charge in [-0.1, -0.05) is 24.6 Å². The van der Waals surface area contributed by atoms with Gasteiger partial charge in [0.05, 0.1) is 12.2 Å². The van der Waals surface area contributed by atoms with Crippen LogP contribution in [0.15, 0.2) is 41.6 Å². The molecule has 4 nitrogen and oxygen atoms in total. The molecule has 20 heavy (non-hydrogen) atoms. The summed E-state index contributed by atoms with van der Waals surface area (Å²) < 4.78 is 1.95. The molecular weight excluding hydrogens is 292 g/mol. The van der Waals surface area contributed by atoms with Crippen molar-refractivity contribution in [2.45, 2.75) is 30.8 Å². The normalized spacial score (nSPS) is 12.6. The van der Waals surface area contributed by atoms with E-state index in [9.17, 15) is 0 Å². The number of aromatic nitrogens is 2. The SMILES string of the molecule is CCCn1cc(C(CSc2cccc(Cl)c2)NN)cn1. The molecule has 0 saturated carbocycles. The maximum absolute atomic E-state index is 5.98. The average Bonchev–Trinajstić information content (AvgIpc) is 2.89. The van der Waals surface area contributed by atoms with Gasteiger partial charge in [0.15, 0.2) is 0 Å². The third-order valence-electron chi connectivity index (χ3n) is 2.92. The van der Waals surface area contributed by atoms with Gasteiger partial charge in [0, 0.05) is 34.0 Å². The van der Waals surface area contributed by atoms with Crippen LogP contribution in [0.4, 0.5) is 0 Å². The van der Waals surface area contributed by atoms with E-state index in [0.29, 0.717) is 0 Å². The molecule has 108 valence electrons. The van der Waals surface area contributed by atoms with Gasteiger partial charge in [-0.3, -0.25) is 16.0 Å². The fraction of sp³-hybridized carbons (Fsp3) is 0.357. The number of aryl methyl sites for hydroxylation is 1. The molecule has 1 aromatic carbocycles. The fourth-order valence-electron chi connectivity index (χ4n) is 1.89. The third-order valence-corrected chi connectivity index (χ3v) is 4.24. The predicted octanol–water partition coefficient (Wildman–Crippen LogP) is 3.24. The van der Waals surface area contributed by atoms with Crippen LogP contribution in [0.25, 0.3) is 0 Å². The summed E-state index contributed by atoms with van der Waals surface area (Å²) in [4.78, 5) is 1.14. The van der Waals surface area contributed by atoms with Crippen LogP contribution < -0.4 is 11.3 Å². The molecule has 6 heteroatoms. The number of nitrogens with zero attached hydrogens (tertiary/aromatic N) is 2. The maximum Gasteiger partial charge on any atom is 0.0584 e. The van der Waals surface area contributed by atoms with Crippen molar-refractivity contribution in [2.24, 2.45) is 5.84 Å². The molecule has 0 spiro atoms. The van der Waals surface area contributed by atoms with Crippen LogP contribution in [0.5, 0.6) is 0 Å². The van der Waals surface area contributed by atoms with Crippen LogP contribution in [-0.2, 0) is 6.54 Å². The van der Waals surface area contributed by atoms with Gasteiger partial charge in [0.25, 0.3) is 0 Å². The molecule has 1 unspecified atom stereocenters. The van der Waals surface area contributed by atoms with E-state index in [1.807, 2.05) is 41.3 Å². The van der Waals surface area contributed by atoms with Crippen LogP contribution in [0.1, 0.15) is 24.9 Å². The average molecular weight is 311 g/mol. The second kappa shape index (κ2) is 7.69. The van der Waals surface area contributed by atoms with E-state index in [1.165, 1.54) is 0 Å². The number of hydrazine groups is 1. The summed E-state index contributed by atoms with van der Waals surface area (Å²) in [6.45, 7) is 3.06. The van der Waals surface area contributed by atoms with Crippen LogP contribution in [0, 0.1) is 0 Å². The van der Waals surface area contributed by atoms with Crippen molar-refractivity contribution in [3.05, 3.63) is 47.2 Å². The molecule has 0 fully saturated rings. The number of hydrogen-bond donors (Lipinski definition) is 2. The molecule has 3 N–H and O–H groups in total. The minimum Gasteiger partial charge on any atom is -0.272 e. The van der Waals surface area contributed by atoms with Gasteiger partial charge < -0.3 is 0 Å². The molecule has 2 rings (SSSR count). The van der Waals surface area contributed by atoms with Gasteiger partial charge in [-0.05, 0) is 24.6 Å². The number of rotatable bonds is 7. The number of nitrogens with two attached hydrogens (primary N) is 1. The van der Waals surface area contributed by atoms with Crippen molar-refractivity contribution in [3.8, 4) is 0 Å². The van der Waals surface area contributed by atoms with E-state index >= 15 is 0 Å². The predicted molar refractivity (Wildman–Crippen MR) is 84.8 cm³/mol. The maximum atomic E-state index is 5.98. The van der Waals surface area contributed by atoms with Crippen molar-refractivity contribution in [1.82, 2.24) is 15.2 Å². The molecular formula is C14H19ClN4S. The van der Waals surface area contributed by atoms with Gasteiger partial charge in [-0.2, -0.15) is 5.10 Å². The first-order valence-corrected chi connectivity index (χ1v) is 7.96. The number of hydrogen-bond acceptors (Lipinski definition) is 4. The topological polar surface area (TPSA) is 55.9 Å². The highest BCUT2D eigenvalue weighted by molar-refractivity contribution is 7.99. The van der Waals surface area contributed by atoms with Crippen molar-refractivity contribution < 1.29 is 0 Å². The highest BCUT2D eigenvalue weighted by Gasteiger charge is 2.12. The van der Waals surface area contributed by atoms with Gasteiger partial charge in [-0.25, -0.2) is 0 Å². The zero-order chi connectivity index (χ0) is 14.4. The number of thioether (sulfide) groups is 1. The van der Waals surface area contributed by atoms with Crippen molar-refractivity contribution in [3.63, 3.8) is 0 Å². The summed E-state index contributed by atoms with van der Waals surface area (Å²) in [6, 6.07) is 7.91. The Bertz CT molecular complexity index is 543. The van der Waals surface area contributed by atoms with E-state index in [-0.39, 0.29) is 6.04 Å². The lowest BCUT2D eigenvalue weighted by atomic mass is 10.2. The van der Waals surface area contributed by atoms with Crippen LogP contribution >= 0.6 is 23.4 Å². The second-order valence-electron chi connectivity index (χ2n) is 4.52. The Morgan fingerprint density at radius 2 is 2.35 bits per heavy atom. The summed E-state index contributed by atoms with van der Waals surface area (Å²) in [5, 5.41) is 5.09. The first kappa shape index (κ1) is 15.4. The lowest BCUT2D eigenvalue weighted by Gasteiger charge is -2.13. The fourth-order valence-corrected chi connectivity index (χ4v) is 3.18. The molecule has 0 aliphatic heterocycles. The zero-order valence-electron chi connectivity index (χ0n) is 11.4.